The van der Waals surface area contributed by atoms with E-state index in [1.165, 1.54) is 6.08 Å². The van der Waals surface area contributed by atoms with Crippen molar-refractivity contribution in [1.29, 1.82) is 0 Å². The zero-order valence-electron chi connectivity index (χ0n) is 14.3. The van der Waals surface area contributed by atoms with E-state index in [2.05, 4.69) is 5.32 Å². The summed E-state index contributed by atoms with van der Waals surface area (Å²) in [6.07, 6.45) is 3.23. The molecule has 0 saturated carbocycles. The summed E-state index contributed by atoms with van der Waals surface area (Å²) in [4.78, 5) is 12.1. The SMILES string of the molecule is COc1ccc(/C=C/C(=O)Nc2cc(OC)c(OC)cc2C)cc1. The summed E-state index contributed by atoms with van der Waals surface area (Å²) in [6, 6.07) is 11.0. The number of anilines is 1. The number of ether oxygens (including phenoxy) is 3. The fourth-order valence-electron chi connectivity index (χ4n) is 2.18. The van der Waals surface area contributed by atoms with Gasteiger partial charge in [-0.15, -0.1) is 0 Å². The molecule has 0 aliphatic carbocycles. The first-order valence-corrected chi connectivity index (χ1v) is 7.43. The van der Waals surface area contributed by atoms with Crippen LogP contribution >= 0.6 is 0 Å². The Morgan fingerprint density at radius 3 is 2.17 bits per heavy atom. The predicted molar refractivity (Wildman–Crippen MR) is 94.9 cm³/mol. The predicted octanol–water partition coefficient (Wildman–Crippen LogP) is 3.67. The summed E-state index contributed by atoms with van der Waals surface area (Å²) < 4.78 is 15.6. The summed E-state index contributed by atoms with van der Waals surface area (Å²) in [7, 11) is 4.75. The van der Waals surface area contributed by atoms with Crippen molar-refractivity contribution in [2.45, 2.75) is 6.92 Å². The van der Waals surface area contributed by atoms with Crippen molar-refractivity contribution in [3.05, 3.63) is 53.6 Å². The average molecular weight is 327 g/mol. The molecule has 0 atom stereocenters. The molecule has 2 rings (SSSR count). The Bertz CT molecular complexity index is 736. The fraction of sp³-hybridized carbons (Fsp3) is 0.211. The summed E-state index contributed by atoms with van der Waals surface area (Å²) >= 11 is 0. The molecule has 0 aliphatic rings. The van der Waals surface area contributed by atoms with E-state index in [4.69, 9.17) is 14.2 Å². The highest BCUT2D eigenvalue weighted by molar-refractivity contribution is 6.02. The maximum atomic E-state index is 12.1. The Kier molecular flexibility index (Phi) is 5.84. The zero-order valence-corrected chi connectivity index (χ0v) is 14.3. The lowest BCUT2D eigenvalue weighted by Crippen LogP contribution is -2.09. The minimum absolute atomic E-state index is 0.221. The normalized spacial score (nSPS) is 10.5. The van der Waals surface area contributed by atoms with Crippen molar-refractivity contribution in [2.24, 2.45) is 0 Å². The molecular formula is C19H21NO4. The van der Waals surface area contributed by atoms with Crippen LogP contribution in [-0.4, -0.2) is 27.2 Å². The summed E-state index contributed by atoms with van der Waals surface area (Å²) in [5, 5.41) is 2.84. The van der Waals surface area contributed by atoms with Crippen LogP contribution in [0.5, 0.6) is 17.2 Å². The molecule has 1 N–H and O–H groups in total. The first-order valence-electron chi connectivity index (χ1n) is 7.43. The number of amides is 1. The van der Waals surface area contributed by atoms with Crippen LogP contribution in [0.15, 0.2) is 42.5 Å². The Morgan fingerprint density at radius 2 is 1.58 bits per heavy atom. The topological polar surface area (TPSA) is 56.8 Å². The third kappa shape index (κ3) is 4.29. The number of methoxy groups -OCH3 is 3. The van der Waals surface area contributed by atoms with Crippen molar-refractivity contribution in [3.63, 3.8) is 0 Å². The second-order valence-corrected chi connectivity index (χ2v) is 5.12. The van der Waals surface area contributed by atoms with E-state index in [1.54, 1.807) is 33.5 Å². The van der Waals surface area contributed by atoms with Crippen LogP contribution in [-0.2, 0) is 4.79 Å². The van der Waals surface area contributed by atoms with Gasteiger partial charge >= 0.3 is 0 Å². The molecule has 0 heterocycles. The van der Waals surface area contributed by atoms with Gasteiger partial charge in [-0.25, -0.2) is 0 Å². The van der Waals surface area contributed by atoms with Crippen molar-refractivity contribution in [1.82, 2.24) is 0 Å². The van der Waals surface area contributed by atoms with E-state index in [9.17, 15) is 4.79 Å². The Labute approximate surface area is 141 Å². The lowest BCUT2D eigenvalue weighted by molar-refractivity contribution is -0.111. The molecule has 0 fully saturated rings. The van der Waals surface area contributed by atoms with Gasteiger partial charge in [0.1, 0.15) is 5.75 Å². The highest BCUT2D eigenvalue weighted by atomic mass is 16.5. The standard InChI is InChI=1S/C19H21NO4/c1-13-11-17(23-3)18(24-4)12-16(13)20-19(21)10-7-14-5-8-15(22-2)9-6-14/h5-12H,1-4H3,(H,20,21)/b10-7+. The molecule has 126 valence electrons. The second-order valence-electron chi connectivity index (χ2n) is 5.12. The molecule has 5 heteroatoms. The highest BCUT2D eigenvalue weighted by Gasteiger charge is 2.09. The van der Waals surface area contributed by atoms with Crippen LogP contribution in [0.4, 0.5) is 5.69 Å². The molecule has 0 aromatic heterocycles. The molecule has 0 spiro atoms. The van der Waals surface area contributed by atoms with Crippen molar-refractivity contribution in [3.8, 4) is 17.2 Å². The van der Waals surface area contributed by atoms with Gasteiger partial charge < -0.3 is 19.5 Å². The minimum atomic E-state index is -0.221. The Hall–Kier alpha value is -2.95. The van der Waals surface area contributed by atoms with Crippen LogP contribution in [0.25, 0.3) is 6.08 Å². The van der Waals surface area contributed by atoms with Gasteiger partial charge in [-0.1, -0.05) is 12.1 Å². The van der Waals surface area contributed by atoms with Gasteiger partial charge in [0, 0.05) is 17.8 Å². The van der Waals surface area contributed by atoms with Crippen LogP contribution in [0.1, 0.15) is 11.1 Å². The van der Waals surface area contributed by atoms with Crippen molar-refractivity contribution < 1.29 is 19.0 Å². The van der Waals surface area contributed by atoms with Gasteiger partial charge in [0.2, 0.25) is 5.91 Å². The molecule has 0 aliphatic heterocycles. The molecule has 1 amide bonds. The molecule has 0 saturated heterocycles. The van der Waals surface area contributed by atoms with Gasteiger partial charge in [0.25, 0.3) is 0 Å². The quantitative estimate of drug-likeness (QED) is 0.823. The van der Waals surface area contributed by atoms with E-state index >= 15 is 0 Å². The van der Waals surface area contributed by atoms with Crippen molar-refractivity contribution >= 4 is 17.7 Å². The van der Waals surface area contributed by atoms with E-state index in [1.807, 2.05) is 37.3 Å². The van der Waals surface area contributed by atoms with Gasteiger partial charge in [0.15, 0.2) is 11.5 Å². The minimum Gasteiger partial charge on any atom is -0.497 e. The number of nitrogens with one attached hydrogen (secondary N) is 1. The molecule has 2 aromatic rings. The zero-order chi connectivity index (χ0) is 17.5. The highest BCUT2D eigenvalue weighted by Crippen LogP contribution is 2.32. The van der Waals surface area contributed by atoms with Crippen molar-refractivity contribution in [2.75, 3.05) is 26.6 Å². The van der Waals surface area contributed by atoms with Crippen LogP contribution in [0.3, 0.4) is 0 Å². The number of carbonyl (C=O) groups is 1. The molecule has 5 nitrogen and oxygen atoms in total. The van der Waals surface area contributed by atoms with Gasteiger partial charge in [-0.3, -0.25) is 4.79 Å². The summed E-state index contributed by atoms with van der Waals surface area (Å²) in [5.41, 5.74) is 2.48. The third-order valence-corrected chi connectivity index (χ3v) is 3.53. The Balaban J connectivity index is 2.10. The lowest BCUT2D eigenvalue weighted by atomic mass is 10.1. The first-order chi connectivity index (χ1) is 11.6. The smallest absolute Gasteiger partial charge is 0.248 e. The molecule has 0 radical (unpaired) electrons. The van der Waals surface area contributed by atoms with E-state index in [0.29, 0.717) is 17.2 Å². The van der Waals surface area contributed by atoms with Crippen LogP contribution in [0, 0.1) is 6.92 Å². The van der Waals surface area contributed by atoms with Gasteiger partial charge in [-0.05, 0) is 42.3 Å². The lowest BCUT2D eigenvalue weighted by Gasteiger charge is -2.12. The molecule has 0 bridgehead atoms. The number of carbonyl (C=O) groups excluding carboxylic acids is 1. The van der Waals surface area contributed by atoms with E-state index in [-0.39, 0.29) is 5.91 Å². The first kappa shape index (κ1) is 17.4. The Morgan fingerprint density at radius 1 is 0.958 bits per heavy atom. The second kappa shape index (κ2) is 8.06. The monoisotopic (exact) mass is 327 g/mol. The third-order valence-electron chi connectivity index (χ3n) is 3.53. The summed E-state index contributed by atoms with van der Waals surface area (Å²) in [5.74, 6) is 1.75. The molecule has 0 unspecified atom stereocenters. The number of aryl methyl sites for hydroxylation is 1. The maximum Gasteiger partial charge on any atom is 0.248 e. The maximum absolute atomic E-state index is 12.1. The molecule has 2 aromatic carbocycles. The fourth-order valence-corrected chi connectivity index (χ4v) is 2.18. The molecular weight excluding hydrogens is 306 g/mol. The summed E-state index contributed by atoms with van der Waals surface area (Å²) in [6.45, 7) is 1.89. The largest absolute Gasteiger partial charge is 0.497 e. The average Bonchev–Trinajstić information content (AvgIpc) is 2.61. The van der Waals surface area contributed by atoms with Crippen LogP contribution < -0.4 is 19.5 Å². The van der Waals surface area contributed by atoms with Gasteiger partial charge in [0.05, 0.1) is 21.3 Å². The number of hydrogen-bond acceptors (Lipinski definition) is 4. The van der Waals surface area contributed by atoms with E-state index in [0.717, 1.165) is 16.9 Å². The number of benzene rings is 2. The molecule has 24 heavy (non-hydrogen) atoms. The van der Waals surface area contributed by atoms with Crippen LogP contribution in [0.2, 0.25) is 0 Å². The number of rotatable bonds is 6. The number of hydrogen-bond donors (Lipinski definition) is 1. The van der Waals surface area contributed by atoms with Gasteiger partial charge in [-0.2, -0.15) is 0 Å². The van der Waals surface area contributed by atoms with E-state index < -0.39 is 0 Å².